The maximum Gasteiger partial charge on any atom is 0.416 e. The number of carbonyl (C=O) groups is 1. The maximum atomic E-state index is 13.0. The van der Waals surface area contributed by atoms with E-state index in [1.165, 1.54) is 6.07 Å². The number of hydrogen-bond acceptors (Lipinski definition) is 4. The third kappa shape index (κ3) is 5.93. The maximum absolute atomic E-state index is 13.0. The van der Waals surface area contributed by atoms with Crippen molar-refractivity contribution < 1.29 is 22.4 Å². The van der Waals surface area contributed by atoms with Gasteiger partial charge >= 0.3 is 6.18 Å². The first-order chi connectivity index (χ1) is 14.5. The molecule has 0 unspecified atom stereocenters. The van der Waals surface area contributed by atoms with E-state index in [1.54, 1.807) is 19.9 Å². The number of alkyl halides is 3. The van der Waals surface area contributed by atoms with Gasteiger partial charge in [0.25, 0.3) is 0 Å². The first-order valence-corrected chi connectivity index (χ1v) is 9.88. The van der Waals surface area contributed by atoms with Gasteiger partial charge in [0.1, 0.15) is 0 Å². The molecule has 2 aromatic carbocycles. The molecule has 0 atom stereocenters. The summed E-state index contributed by atoms with van der Waals surface area (Å²) in [6.07, 6.45) is -4.00. The molecule has 1 aromatic heterocycles. The van der Waals surface area contributed by atoms with Crippen LogP contribution in [0, 0.1) is 6.92 Å². The molecule has 3 aromatic rings. The number of rotatable bonds is 7. The summed E-state index contributed by atoms with van der Waals surface area (Å²) in [6, 6.07) is 12.8. The van der Waals surface area contributed by atoms with Crippen molar-refractivity contribution in [1.82, 2.24) is 15.5 Å². The van der Waals surface area contributed by atoms with Gasteiger partial charge in [-0.05, 0) is 30.7 Å². The van der Waals surface area contributed by atoms with Gasteiger partial charge in [0.15, 0.2) is 0 Å². The SMILES string of the molecule is Cc1ccc(-c2nnc(CCC(=O)NCC(C)(C)c3cccc(C(F)(F)F)c3)o2)cc1. The zero-order valence-corrected chi connectivity index (χ0v) is 17.6. The third-order valence-electron chi connectivity index (χ3n) is 5.03. The molecular formula is C23H24F3N3O2. The van der Waals surface area contributed by atoms with E-state index in [0.29, 0.717) is 17.3 Å². The van der Waals surface area contributed by atoms with Crippen molar-refractivity contribution in [3.63, 3.8) is 0 Å². The summed E-state index contributed by atoms with van der Waals surface area (Å²) < 4.78 is 44.5. The van der Waals surface area contributed by atoms with Crippen LogP contribution >= 0.6 is 0 Å². The summed E-state index contributed by atoms with van der Waals surface area (Å²) in [5.74, 6) is 0.499. The first kappa shape index (κ1) is 22.5. The lowest BCUT2D eigenvalue weighted by atomic mass is 9.83. The minimum Gasteiger partial charge on any atom is -0.421 e. The monoisotopic (exact) mass is 431 g/mol. The zero-order valence-electron chi connectivity index (χ0n) is 17.6. The lowest BCUT2D eigenvalue weighted by Gasteiger charge is -2.26. The summed E-state index contributed by atoms with van der Waals surface area (Å²) in [5, 5.41) is 10.8. The second-order valence-electron chi connectivity index (χ2n) is 8.11. The Labute approximate surface area is 178 Å². The molecule has 0 fully saturated rings. The van der Waals surface area contributed by atoms with Crippen LogP contribution in [0.3, 0.4) is 0 Å². The number of benzene rings is 2. The summed E-state index contributed by atoms with van der Waals surface area (Å²) in [6.45, 7) is 5.75. The Morgan fingerprint density at radius 2 is 1.71 bits per heavy atom. The summed E-state index contributed by atoms with van der Waals surface area (Å²) in [5.41, 5.74) is 1.05. The lowest BCUT2D eigenvalue weighted by molar-refractivity contribution is -0.137. The average Bonchev–Trinajstić information content (AvgIpc) is 3.20. The fourth-order valence-electron chi connectivity index (χ4n) is 3.01. The van der Waals surface area contributed by atoms with Crippen LogP contribution in [0.25, 0.3) is 11.5 Å². The summed E-state index contributed by atoms with van der Waals surface area (Å²) >= 11 is 0. The van der Waals surface area contributed by atoms with Crippen molar-refractivity contribution in [3.05, 3.63) is 71.1 Å². The molecule has 1 amide bonds. The van der Waals surface area contributed by atoms with Crippen LogP contribution in [-0.4, -0.2) is 22.6 Å². The Morgan fingerprint density at radius 1 is 1.03 bits per heavy atom. The van der Waals surface area contributed by atoms with E-state index in [0.717, 1.165) is 23.3 Å². The molecule has 8 heteroatoms. The van der Waals surface area contributed by atoms with Gasteiger partial charge in [0, 0.05) is 30.4 Å². The standard InChI is InChI=1S/C23H24F3N3O2/c1-15-7-9-16(10-8-15)21-29-28-20(31-21)12-11-19(30)27-14-22(2,3)17-5-4-6-18(13-17)23(24,25)26/h4-10,13H,11-12,14H2,1-3H3,(H,27,30). The second kappa shape index (κ2) is 8.91. The highest BCUT2D eigenvalue weighted by Crippen LogP contribution is 2.32. The molecule has 0 aliphatic heterocycles. The Kier molecular flexibility index (Phi) is 6.48. The third-order valence-corrected chi connectivity index (χ3v) is 5.03. The van der Waals surface area contributed by atoms with Gasteiger partial charge in [0.2, 0.25) is 17.7 Å². The minimum atomic E-state index is -4.41. The molecule has 0 radical (unpaired) electrons. The normalized spacial score (nSPS) is 12.1. The zero-order chi connectivity index (χ0) is 22.6. The Bertz CT molecular complexity index is 1040. The lowest BCUT2D eigenvalue weighted by Crippen LogP contribution is -2.37. The van der Waals surface area contributed by atoms with E-state index in [1.807, 2.05) is 31.2 Å². The molecule has 0 saturated carbocycles. The molecule has 1 N–H and O–H groups in total. The van der Waals surface area contributed by atoms with Gasteiger partial charge in [-0.1, -0.05) is 49.7 Å². The van der Waals surface area contributed by atoms with Crippen LogP contribution in [0.15, 0.2) is 52.9 Å². The summed E-state index contributed by atoms with van der Waals surface area (Å²) in [7, 11) is 0. The number of carbonyl (C=O) groups excluding carboxylic acids is 1. The molecule has 3 rings (SSSR count). The molecule has 164 valence electrons. The molecular weight excluding hydrogens is 407 g/mol. The second-order valence-corrected chi connectivity index (χ2v) is 8.11. The highest BCUT2D eigenvalue weighted by Gasteiger charge is 2.32. The number of halogens is 3. The van der Waals surface area contributed by atoms with Crippen molar-refractivity contribution in [2.24, 2.45) is 0 Å². The Hall–Kier alpha value is -3.16. The molecule has 0 bridgehead atoms. The number of aryl methyl sites for hydroxylation is 2. The van der Waals surface area contributed by atoms with Crippen molar-refractivity contribution in [2.45, 2.75) is 45.2 Å². The Balaban J connectivity index is 1.54. The summed E-state index contributed by atoms with van der Waals surface area (Å²) in [4.78, 5) is 12.3. The molecule has 0 aliphatic rings. The predicted octanol–water partition coefficient (Wildman–Crippen LogP) is 5.09. The van der Waals surface area contributed by atoms with Gasteiger partial charge in [-0.3, -0.25) is 4.79 Å². The van der Waals surface area contributed by atoms with E-state index in [4.69, 9.17) is 4.42 Å². The molecule has 5 nitrogen and oxygen atoms in total. The van der Waals surface area contributed by atoms with E-state index in [9.17, 15) is 18.0 Å². The number of amides is 1. The fraction of sp³-hybridized carbons (Fsp3) is 0.348. The highest BCUT2D eigenvalue weighted by atomic mass is 19.4. The van der Waals surface area contributed by atoms with Crippen molar-refractivity contribution in [2.75, 3.05) is 6.54 Å². The van der Waals surface area contributed by atoms with Crippen LogP contribution in [0.5, 0.6) is 0 Å². The van der Waals surface area contributed by atoms with Crippen molar-refractivity contribution in [3.8, 4) is 11.5 Å². The topological polar surface area (TPSA) is 68.0 Å². The molecule has 0 spiro atoms. The van der Waals surface area contributed by atoms with E-state index < -0.39 is 17.2 Å². The fourth-order valence-corrected chi connectivity index (χ4v) is 3.01. The molecule has 0 aliphatic carbocycles. The number of nitrogens with one attached hydrogen (secondary N) is 1. The van der Waals surface area contributed by atoms with Crippen molar-refractivity contribution in [1.29, 1.82) is 0 Å². The average molecular weight is 431 g/mol. The Morgan fingerprint density at radius 3 is 2.39 bits per heavy atom. The quantitative estimate of drug-likeness (QED) is 0.566. The van der Waals surface area contributed by atoms with E-state index >= 15 is 0 Å². The molecule has 31 heavy (non-hydrogen) atoms. The molecule has 1 heterocycles. The van der Waals surface area contributed by atoms with Crippen molar-refractivity contribution >= 4 is 5.91 Å². The first-order valence-electron chi connectivity index (χ1n) is 9.88. The number of hydrogen-bond donors (Lipinski definition) is 1. The minimum absolute atomic E-state index is 0.133. The van der Waals surface area contributed by atoms with Gasteiger partial charge in [0.05, 0.1) is 5.56 Å². The van der Waals surface area contributed by atoms with Crippen LogP contribution in [0.2, 0.25) is 0 Å². The predicted molar refractivity (Wildman–Crippen MR) is 110 cm³/mol. The number of nitrogens with zero attached hydrogens (tertiary/aromatic N) is 2. The van der Waals surface area contributed by atoms with Crippen LogP contribution in [-0.2, 0) is 22.8 Å². The largest absolute Gasteiger partial charge is 0.421 e. The highest BCUT2D eigenvalue weighted by molar-refractivity contribution is 5.76. The molecule has 0 saturated heterocycles. The van der Waals surface area contributed by atoms with E-state index in [2.05, 4.69) is 15.5 Å². The van der Waals surface area contributed by atoms with Gasteiger partial charge < -0.3 is 9.73 Å². The van der Waals surface area contributed by atoms with Gasteiger partial charge in [-0.25, -0.2) is 0 Å². The van der Waals surface area contributed by atoms with Crippen LogP contribution in [0.4, 0.5) is 13.2 Å². The smallest absolute Gasteiger partial charge is 0.416 e. The number of aromatic nitrogens is 2. The van der Waals surface area contributed by atoms with Crippen LogP contribution < -0.4 is 5.32 Å². The van der Waals surface area contributed by atoms with Gasteiger partial charge in [-0.2, -0.15) is 13.2 Å². The van der Waals surface area contributed by atoms with Crippen LogP contribution in [0.1, 0.15) is 42.8 Å². The van der Waals surface area contributed by atoms with Gasteiger partial charge in [-0.15, -0.1) is 10.2 Å². The van der Waals surface area contributed by atoms with E-state index in [-0.39, 0.29) is 25.3 Å².